The minimum Gasteiger partial charge on any atom is -0.454 e. The monoisotopic (exact) mass is 494 g/mol. The number of hydrogen-bond acceptors (Lipinski definition) is 6. The molecule has 1 aromatic carbocycles. The number of furan rings is 1. The van der Waals surface area contributed by atoms with Crippen LogP contribution in [0.4, 0.5) is 5.69 Å². The maximum Gasteiger partial charge on any atom is 0.318 e. The highest BCUT2D eigenvalue weighted by molar-refractivity contribution is 6.76. The number of nitro groups is 1. The molecule has 0 aliphatic rings. The number of ether oxygens (including phenoxy) is 1. The van der Waals surface area contributed by atoms with Crippen LogP contribution in [0.1, 0.15) is 11.1 Å². The van der Waals surface area contributed by atoms with Crippen molar-refractivity contribution in [3.63, 3.8) is 0 Å². The van der Waals surface area contributed by atoms with Crippen molar-refractivity contribution in [2.75, 3.05) is 6.61 Å². The molecule has 0 N–H and O–H groups in total. The third-order valence-electron chi connectivity index (χ3n) is 5.84. The molecule has 0 fully saturated rings. The molecule has 4 rings (SSSR count). The van der Waals surface area contributed by atoms with Gasteiger partial charge in [-0.3, -0.25) is 14.9 Å². The van der Waals surface area contributed by atoms with E-state index in [0.717, 1.165) is 18.0 Å². The van der Waals surface area contributed by atoms with Gasteiger partial charge in [-0.05, 0) is 30.5 Å². The van der Waals surface area contributed by atoms with Crippen molar-refractivity contribution in [2.24, 2.45) is 7.05 Å². The van der Waals surface area contributed by atoms with Crippen LogP contribution < -0.4 is 5.56 Å². The average Bonchev–Trinajstić information content (AvgIpc) is 3.43. The van der Waals surface area contributed by atoms with Gasteiger partial charge in [0.2, 0.25) is 5.69 Å². The smallest absolute Gasteiger partial charge is 0.318 e. The van der Waals surface area contributed by atoms with Crippen molar-refractivity contribution >= 4 is 24.7 Å². The number of aryl methyl sites for hydroxylation is 3. The molecule has 0 atom stereocenters. The van der Waals surface area contributed by atoms with E-state index in [1.165, 1.54) is 21.0 Å². The molecule has 0 radical (unpaired) electrons. The van der Waals surface area contributed by atoms with E-state index in [9.17, 15) is 14.9 Å². The largest absolute Gasteiger partial charge is 0.454 e. The van der Waals surface area contributed by atoms with Gasteiger partial charge in [0.15, 0.2) is 5.76 Å². The zero-order valence-electron chi connectivity index (χ0n) is 20.5. The van der Waals surface area contributed by atoms with Gasteiger partial charge in [-0.15, -0.1) is 0 Å². The van der Waals surface area contributed by atoms with Gasteiger partial charge in [-0.1, -0.05) is 50.0 Å². The number of nitrogens with zero attached hydrogens (tertiary/aromatic N) is 4. The van der Waals surface area contributed by atoms with E-state index >= 15 is 0 Å². The molecule has 0 saturated heterocycles. The van der Waals surface area contributed by atoms with Crippen LogP contribution in [-0.4, -0.2) is 34.0 Å². The first-order valence-corrected chi connectivity index (χ1v) is 15.3. The highest BCUT2D eigenvalue weighted by Crippen LogP contribution is 2.33. The van der Waals surface area contributed by atoms with Crippen molar-refractivity contribution in [1.29, 1.82) is 0 Å². The lowest BCUT2D eigenvalue weighted by Gasteiger charge is -2.15. The molecule has 10 heteroatoms. The maximum atomic E-state index is 12.8. The summed E-state index contributed by atoms with van der Waals surface area (Å²) in [7, 11) is 0.446. The topological polar surface area (TPSA) is 105 Å². The molecule has 184 valence electrons. The normalized spacial score (nSPS) is 11.9. The Labute approximate surface area is 204 Å². The van der Waals surface area contributed by atoms with Crippen LogP contribution in [0, 0.1) is 10.1 Å². The summed E-state index contributed by atoms with van der Waals surface area (Å²) in [5.41, 5.74) is 2.12. The number of fused-ring (bicyclic) bond motifs is 1. The summed E-state index contributed by atoms with van der Waals surface area (Å²) in [5, 5.41) is 16.5. The molecule has 0 unspecified atom stereocenters. The second-order valence-electron chi connectivity index (χ2n) is 9.92. The first-order valence-electron chi connectivity index (χ1n) is 11.6. The molecule has 0 aliphatic heterocycles. The Hall–Kier alpha value is -3.50. The average molecular weight is 495 g/mol. The fraction of sp³-hybridized carbons (Fsp3) is 0.360. The molecule has 9 nitrogen and oxygen atoms in total. The van der Waals surface area contributed by atoms with Crippen LogP contribution in [0.25, 0.3) is 22.4 Å². The summed E-state index contributed by atoms with van der Waals surface area (Å²) < 4.78 is 14.7. The van der Waals surface area contributed by atoms with Crippen molar-refractivity contribution in [1.82, 2.24) is 14.3 Å². The van der Waals surface area contributed by atoms with Gasteiger partial charge in [0.25, 0.3) is 5.56 Å². The zero-order valence-corrected chi connectivity index (χ0v) is 21.5. The second-order valence-corrected chi connectivity index (χ2v) is 15.5. The number of hydrogen-bond donors (Lipinski definition) is 0. The molecule has 35 heavy (non-hydrogen) atoms. The second kappa shape index (κ2) is 10.0. The van der Waals surface area contributed by atoms with Gasteiger partial charge in [-0.2, -0.15) is 5.10 Å². The molecular formula is C25H30N4O5Si. The van der Waals surface area contributed by atoms with Gasteiger partial charge < -0.3 is 13.7 Å². The fourth-order valence-corrected chi connectivity index (χ4v) is 4.63. The first kappa shape index (κ1) is 24.6. The molecule has 0 bridgehead atoms. The number of rotatable bonds is 10. The minimum atomic E-state index is -1.24. The van der Waals surface area contributed by atoms with Crippen molar-refractivity contribution < 1.29 is 14.1 Å². The molecule has 0 aliphatic carbocycles. The van der Waals surface area contributed by atoms with E-state index in [1.54, 1.807) is 19.3 Å². The predicted octanol–water partition coefficient (Wildman–Crippen LogP) is 5.00. The highest BCUT2D eigenvalue weighted by Gasteiger charge is 2.26. The van der Waals surface area contributed by atoms with Crippen LogP contribution >= 0.6 is 0 Å². The van der Waals surface area contributed by atoms with Crippen LogP contribution in [0.2, 0.25) is 25.7 Å². The maximum absolute atomic E-state index is 12.8. The summed E-state index contributed by atoms with van der Waals surface area (Å²) in [5.74, 6) is 0.191. The van der Waals surface area contributed by atoms with E-state index < -0.39 is 13.0 Å². The standard InChI is InChI=1S/C25H30N4O5Si/c1-27-15-19(11-10-18-8-6-5-7-9-18)24-20(25(27)30)14-22(34-24)23-21(29(31)32)16-28(26-23)17-33-12-13-35(2,3)4/h5-9,14-16H,10-13,17H2,1-4H3. The van der Waals surface area contributed by atoms with E-state index in [0.29, 0.717) is 24.0 Å². The van der Waals surface area contributed by atoms with Gasteiger partial charge in [-0.25, -0.2) is 4.68 Å². The Morgan fingerprint density at radius 2 is 1.89 bits per heavy atom. The molecule has 3 aromatic heterocycles. The molecule has 4 aromatic rings. The summed E-state index contributed by atoms with van der Waals surface area (Å²) in [6.07, 6.45) is 4.53. The van der Waals surface area contributed by atoms with Gasteiger partial charge in [0.05, 0.1) is 10.3 Å². The first-order chi connectivity index (χ1) is 16.6. The lowest BCUT2D eigenvalue weighted by molar-refractivity contribution is -0.384. The molecule has 0 spiro atoms. The molecule has 3 heterocycles. The van der Waals surface area contributed by atoms with Crippen molar-refractivity contribution in [3.05, 3.63) is 80.4 Å². The summed E-state index contributed by atoms with van der Waals surface area (Å²) >= 11 is 0. The van der Waals surface area contributed by atoms with E-state index in [-0.39, 0.29) is 29.4 Å². The lowest BCUT2D eigenvalue weighted by atomic mass is 10.0. The number of pyridine rings is 1. The van der Waals surface area contributed by atoms with Crippen molar-refractivity contribution in [2.45, 2.75) is 45.3 Å². The van der Waals surface area contributed by atoms with Crippen LogP contribution in [0.15, 0.2) is 58.0 Å². The predicted molar refractivity (Wildman–Crippen MR) is 137 cm³/mol. The Morgan fingerprint density at radius 3 is 2.57 bits per heavy atom. The fourth-order valence-electron chi connectivity index (χ4n) is 3.87. The third-order valence-corrected chi connectivity index (χ3v) is 7.55. The van der Waals surface area contributed by atoms with Crippen LogP contribution in [0.3, 0.4) is 0 Å². The SMILES string of the molecule is Cn1cc(CCc2ccccc2)c2oc(-c3nn(COCC[Si](C)(C)C)cc3[N+](=O)[O-])cc2c1=O. The molecule has 0 amide bonds. The van der Waals surface area contributed by atoms with Crippen LogP contribution in [-0.2, 0) is 31.4 Å². The van der Waals surface area contributed by atoms with E-state index in [4.69, 9.17) is 9.15 Å². The number of benzene rings is 1. The Bertz CT molecular complexity index is 1400. The molecule has 0 saturated carbocycles. The van der Waals surface area contributed by atoms with E-state index in [1.807, 2.05) is 18.2 Å². The Balaban J connectivity index is 1.65. The van der Waals surface area contributed by atoms with Crippen LogP contribution in [0.5, 0.6) is 0 Å². The van der Waals surface area contributed by atoms with Gasteiger partial charge in [0.1, 0.15) is 18.5 Å². The quantitative estimate of drug-likeness (QED) is 0.133. The summed E-state index contributed by atoms with van der Waals surface area (Å²) in [6.45, 7) is 7.45. The Morgan fingerprint density at radius 1 is 1.14 bits per heavy atom. The number of aromatic nitrogens is 3. The van der Waals surface area contributed by atoms with Gasteiger partial charge >= 0.3 is 5.69 Å². The van der Waals surface area contributed by atoms with E-state index in [2.05, 4.69) is 36.9 Å². The minimum absolute atomic E-state index is 0.0797. The third kappa shape index (κ3) is 5.77. The van der Waals surface area contributed by atoms with Gasteiger partial charge in [0, 0.05) is 33.5 Å². The molecular weight excluding hydrogens is 464 g/mol. The lowest BCUT2D eigenvalue weighted by Crippen LogP contribution is -2.22. The zero-order chi connectivity index (χ0) is 25.2. The Kier molecular flexibility index (Phi) is 7.04. The van der Waals surface area contributed by atoms with Crippen molar-refractivity contribution in [3.8, 4) is 11.5 Å². The summed E-state index contributed by atoms with van der Waals surface area (Å²) in [4.78, 5) is 24.0. The highest BCUT2D eigenvalue weighted by atomic mass is 28.3. The summed E-state index contributed by atoms with van der Waals surface area (Å²) in [6, 6.07) is 12.6.